The Morgan fingerprint density at radius 2 is 2.00 bits per heavy atom. The molecule has 0 spiro atoms. The minimum Gasteiger partial charge on any atom is -0.325 e. The fourth-order valence-corrected chi connectivity index (χ4v) is 2.24. The van der Waals surface area contributed by atoms with Gasteiger partial charge in [0.2, 0.25) is 0 Å². The molecule has 0 aliphatic rings. The van der Waals surface area contributed by atoms with E-state index in [1.54, 1.807) is 11.3 Å². The standard InChI is InChI=1S/C9H16N2S/c1-6-8(9(2,3)4)12-7(5-10)11-6/h5,10H2,1-4H3. The molecule has 2 N–H and O–H groups in total. The maximum Gasteiger partial charge on any atom is 0.107 e. The van der Waals surface area contributed by atoms with Crippen LogP contribution in [0.1, 0.15) is 36.3 Å². The highest BCUT2D eigenvalue weighted by Gasteiger charge is 2.20. The third-order valence-electron chi connectivity index (χ3n) is 1.70. The molecular weight excluding hydrogens is 168 g/mol. The van der Waals surface area contributed by atoms with E-state index in [0.29, 0.717) is 6.54 Å². The van der Waals surface area contributed by atoms with E-state index in [9.17, 15) is 0 Å². The highest BCUT2D eigenvalue weighted by Crippen LogP contribution is 2.30. The van der Waals surface area contributed by atoms with E-state index >= 15 is 0 Å². The van der Waals surface area contributed by atoms with Gasteiger partial charge in [-0.05, 0) is 12.3 Å². The Hall–Kier alpha value is -0.410. The molecule has 0 radical (unpaired) electrons. The van der Waals surface area contributed by atoms with Gasteiger partial charge in [-0.1, -0.05) is 20.8 Å². The van der Waals surface area contributed by atoms with Gasteiger partial charge in [-0.15, -0.1) is 11.3 Å². The summed E-state index contributed by atoms with van der Waals surface area (Å²) in [6.07, 6.45) is 0. The quantitative estimate of drug-likeness (QED) is 0.726. The zero-order valence-electron chi connectivity index (χ0n) is 8.14. The maximum absolute atomic E-state index is 5.52. The average molecular weight is 184 g/mol. The summed E-state index contributed by atoms with van der Waals surface area (Å²) in [5.41, 5.74) is 6.86. The van der Waals surface area contributed by atoms with E-state index in [2.05, 4.69) is 32.7 Å². The molecule has 12 heavy (non-hydrogen) atoms. The number of hydrogen-bond acceptors (Lipinski definition) is 3. The van der Waals surface area contributed by atoms with Crippen molar-refractivity contribution in [1.82, 2.24) is 4.98 Å². The molecule has 0 bridgehead atoms. The molecule has 1 aromatic heterocycles. The van der Waals surface area contributed by atoms with Gasteiger partial charge in [0.15, 0.2) is 0 Å². The summed E-state index contributed by atoms with van der Waals surface area (Å²) >= 11 is 1.73. The smallest absolute Gasteiger partial charge is 0.107 e. The minimum atomic E-state index is 0.204. The summed E-state index contributed by atoms with van der Waals surface area (Å²) in [6.45, 7) is 9.22. The van der Waals surface area contributed by atoms with Crippen molar-refractivity contribution in [3.8, 4) is 0 Å². The van der Waals surface area contributed by atoms with Crippen molar-refractivity contribution in [3.63, 3.8) is 0 Å². The first-order valence-electron chi connectivity index (χ1n) is 4.12. The Morgan fingerprint density at radius 3 is 2.25 bits per heavy atom. The van der Waals surface area contributed by atoms with E-state index in [1.807, 2.05) is 0 Å². The second-order valence-electron chi connectivity index (χ2n) is 3.98. The molecule has 0 aliphatic carbocycles. The topological polar surface area (TPSA) is 38.9 Å². The average Bonchev–Trinajstić information content (AvgIpc) is 2.29. The molecule has 0 amide bonds. The molecule has 0 unspecified atom stereocenters. The summed E-state index contributed by atoms with van der Waals surface area (Å²) in [7, 11) is 0. The van der Waals surface area contributed by atoms with E-state index in [4.69, 9.17) is 5.73 Å². The van der Waals surface area contributed by atoms with Crippen LogP contribution in [0.15, 0.2) is 0 Å². The summed E-state index contributed by atoms with van der Waals surface area (Å²) in [5.74, 6) is 0. The van der Waals surface area contributed by atoms with Gasteiger partial charge in [0.05, 0.1) is 5.69 Å². The second-order valence-corrected chi connectivity index (χ2v) is 5.06. The van der Waals surface area contributed by atoms with Crippen molar-refractivity contribution in [3.05, 3.63) is 15.6 Å². The van der Waals surface area contributed by atoms with Gasteiger partial charge in [0.25, 0.3) is 0 Å². The first-order valence-corrected chi connectivity index (χ1v) is 4.93. The van der Waals surface area contributed by atoms with E-state index < -0.39 is 0 Å². The van der Waals surface area contributed by atoms with Crippen LogP contribution < -0.4 is 5.73 Å². The van der Waals surface area contributed by atoms with Crippen LogP contribution in [-0.4, -0.2) is 4.98 Å². The van der Waals surface area contributed by atoms with Gasteiger partial charge in [-0.25, -0.2) is 4.98 Å². The highest BCUT2D eigenvalue weighted by molar-refractivity contribution is 7.11. The normalized spacial score (nSPS) is 12.1. The fourth-order valence-electron chi connectivity index (χ4n) is 1.24. The van der Waals surface area contributed by atoms with Crippen LogP contribution in [0.3, 0.4) is 0 Å². The van der Waals surface area contributed by atoms with Gasteiger partial charge in [0, 0.05) is 11.4 Å². The maximum atomic E-state index is 5.52. The first kappa shape index (κ1) is 9.68. The zero-order valence-corrected chi connectivity index (χ0v) is 8.96. The van der Waals surface area contributed by atoms with Gasteiger partial charge >= 0.3 is 0 Å². The molecule has 3 heteroatoms. The van der Waals surface area contributed by atoms with Crippen LogP contribution >= 0.6 is 11.3 Å². The van der Waals surface area contributed by atoms with Gasteiger partial charge in [0.1, 0.15) is 5.01 Å². The molecule has 0 saturated heterocycles. The number of nitrogens with two attached hydrogens (primary N) is 1. The predicted molar refractivity (Wildman–Crippen MR) is 53.4 cm³/mol. The SMILES string of the molecule is Cc1nc(CN)sc1C(C)(C)C. The van der Waals surface area contributed by atoms with Gasteiger partial charge in [-0.3, -0.25) is 0 Å². The van der Waals surface area contributed by atoms with Crippen molar-refractivity contribution in [2.24, 2.45) is 5.73 Å². The predicted octanol–water partition coefficient (Wildman–Crippen LogP) is 2.21. The van der Waals surface area contributed by atoms with Crippen LogP contribution in [0.5, 0.6) is 0 Å². The van der Waals surface area contributed by atoms with Crippen LogP contribution in [0.4, 0.5) is 0 Å². The summed E-state index contributed by atoms with van der Waals surface area (Å²) in [5, 5.41) is 1.04. The Bertz CT molecular complexity index is 271. The lowest BCUT2D eigenvalue weighted by atomic mass is 9.94. The van der Waals surface area contributed by atoms with Crippen molar-refractivity contribution in [2.75, 3.05) is 0 Å². The molecule has 0 aliphatic heterocycles. The molecule has 1 aromatic rings. The third-order valence-corrected chi connectivity index (χ3v) is 3.30. The minimum absolute atomic E-state index is 0.204. The molecule has 2 nitrogen and oxygen atoms in total. The fraction of sp³-hybridized carbons (Fsp3) is 0.667. The molecule has 0 aromatic carbocycles. The Labute approximate surface area is 77.8 Å². The zero-order chi connectivity index (χ0) is 9.35. The van der Waals surface area contributed by atoms with Crippen LogP contribution in [0.2, 0.25) is 0 Å². The van der Waals surface area contributed by atoms with Crippen LogP contribution in [-0.2, 0) is 12.0 Å². The van der Waals surface area contributed by atoms with Crippen molar-refractivity contribution in [2.45, 2.75) is 39.7 Å². The number of hydrogen-bond donors (Lipinski definition) is 1. The number of nitrogens with zero attached hydrogens (tertiary/aromatic N) is 1. The number of thiazole rings is 1. The van der Waals surface area contributed by atoms with Gasteiger partial charge < -0.3 is 5.73 Å². The lowest BCUT2D eigenvalue weighted by Crippen LogP contribution is -2.10. The van der Waals surface area contributed by atoms with Crippen LogP contribution in [0, 0.1) is 6.92 Å². The van der Waals surface area contributed by atoms with Crippen molar-refractivity contribution in [1.29, 1.82) is 0 Å². The van der Waals surface area contributed by atoms with E-state index in [1.165, 1.54) is 4.88 Å². The summed E-state index contributed by atoms with van der Waals surface area (Å²) in [6, 6.07) is 0. The molecule has 1 heterocycles. The Morgan fingerprint density at radius 1 is 1.42 bits per heavy atom. The lowest BCUT2D eigenvalue weighted by molar-refractivity contribution is 0.598. The van der Waals surface area contributed by atoms with E-state index in [0.717, 1.165) is 10.7 Å². The Kier molecular flexibility index (Phi) is 2.54. The molecule has 1 rings (SSSR count). The molecule has 0 saturated carbocycles. The lowest BCUT2D eigenvalue weighted by Gasteiger charge is -2.16. The summed E-state index contributed by atoms with van der Waals surface area (Å²) in [4.78, 5) is 5.74. The van der Waals surface area contributed by atoms with Gasteiger partial charge in [-0.2, -0.15) is 0 Å². The summed E-state index contributed by atoms with van der Waals surface area (Å²) < 4.78 is 0. The molecular formula is C9H16N2S. The molecule has 0 fully saturated rings. The van der Waals surface area contributed by atoms with Crippen LogP contribution in [0.25, 0.3) is 0 Å². The largest absolute Gasteiger partial charge is 0.325 e. The van der Waals surface area contributed by atoms with Crippen molar-refractivity contribution < 1.29 is 0 Å². The first-order chi connectivity index (χ1) is 5.45. The van der Waals surface area contributed by atoms with Crippen molar-refractivity contribution >= 4 is 11.3 Å². The highest BCUT2D eigenvalue weighted by atomic mass is 32.1. The monoisotopic (exact) mass is 184 g/mol. The molecule has 68 valence electrons. The second kappa shape index (κ2) is 3.15. The van der Waals surface area contributed by atoms with E-state index in [-0.39, 0.29) is 5.41 Å². The Balaban J connectivity index is 3.08. The number of aromatic nitrogens is 1. The molecule has 0 atom stereocenters. The number of aryl methyl sites for hydroxylation is 1. The third kappa shape index (κ3) is 1.84. The number of rotatable bonds is 1.